The van der Waals surface area contributed by atoms with Gasteiger partial charge in [0, 0.05) is 11.5 Å². The van der Waals surface area contributed by atoms with Crippen molar-refractivity contribution in [2.75, 3.05) is 6.61 Å². The molecule has 0 fully saturated rings. The Balaban J connectivity index is 2.30. The fourth-order valence-electron chi connectivity index (χ4n) is 1.73. The summed E-state index contributed by atoms with van der Waals surface area (Å²) in [7, 11) is 0. The van der Waals surface area contributed by atoms with Crippen molar-refractivity contribution in [3.63, 3.8) is 0 Å². The second-order valence-electron chi connectivity index (χ2n) is 3.46. The molecule has 2 rings (SSSR count). The summed E-state index contributed by atoms with van der Waals surface area (Å²) in [6.07, 6.45) is 0.822. The Kier molecular flexibility index (Phi) is 2.77. The van der Waals surface area contributed by atoms with Crippen LogP contribution in [0, 0.1) is 0 Å². The Morgan fingerprint density at radius 1 is 1.67 bits per heavy atom. The highest BCUT2D eigenvalue weighted by molar-refractivity contribution is 6.29. The first-order valence-corrected chi connectivity index (χ1v) is 5.05. The number of hydrogen-bond donors (Lipinski definition) is 1. The van der Waals surface area contributed by atoms with Gasteiger partial charge in [0.05, 0.1) is 13.0 Å². The van der Waals surface area contributed by atoms with Crippen molar-refractivity contribution in [3.8, 4) is 5.88 Å². The smallest absolute Gasteiger partial charge is 0.303 e. The summed E-state index contributed by atoms with van der Waals surface area (Å²) in [6.45, 7) is 0.498. The van der Waals surface area contributed by atoms with Crippen LogP contribution in [0.4, 0.5) is 0 Å². The van der Waals surface area contributed by atoms with Crippen molar-refractivity contribution in [1.29, 1.82) is 0 Å². The third kappa shape index (κ3) is 2.21. The zero-order valence-corrected chi connectivity index (χ0v) is 8.70. The molecular weight excluding hydrogens is 218 g/mol. The van der Waals surface area contributed by atoms with E-state index < -0.39 is 5.97 Å². The number of aromatic nitrogens is 1. The number of rotatable bonds is 2. The van der Waals surface area contributed by atoms with Crippen molar-refractivity contribution in [3.05, 3.63) is 22.8 Å². The van der Waals surface area contributed by atoms with Gasteiger partial charge in [-0.2, -0.15) is 0 Å². The molecule has 1 N–H and O–H groups in total. The molecule has 1 aromatic rings. The number of carboxylic acids is 1. The van der Waals surface area contributed by atoms with Crippen LogP contribution in [0.2, 0.25) is 5.15 Å². The molecule has 0 saturated heterocycles. The fraction of sp³-hybridized carbons (Fsp3) is 0.400. The normalized spacial score (nSPS) is 19.1. The lowest BCUT2D eigenvalue weighted by atomic mass is 9.92. The van der Waals surface area contributed by atoms with E-state index in [-0.39, 0.29) is 12.3 Å². The summed E-state index contributed by atoms with van der Waals surface area (Å²) < 4.78 is 5.33. The molecule has 1 aromatic heterocycles. The third-order valence-electron chi connectivity index (χ3n) is 2.42. The predicted octanol–water partition coefficient (Wildman–Crippen LogP) is 2.08. The molecule has 0 aromatic carbocycles. The lowest BCUT2D eigenvalue weighted by molar-refractivity contribution is -0.137. The zero-order valence-electron chi connectivity index (χ0n) is 7.94. The molecule has 1 aliphatic rings. The van der Waals surface area contributed by atoms with Gasteiger partial charge >= 0.3 is 5.97 Å². The molecule has 2 heterocycles. The molecule has 0 radical (unpaired) electrons. The first-order chi connectivity index (χ1) is 7.16. The summed E-state index contributed by atoms with van der Waals surface area (Å²) in [5.74, 6) is -0.348. The predicted molar refractivity (Wildman–Crippen MR) is 54.4 cm³/mol. The molecule has 0 unspecified atom stereocenters. The summed E-state index contributed by atoms with van der Waals surface area (Å²) in [6, 6.07) is 3.45. The van der Waals surface area contributed by atoms with E-state index >= 15 is 0 Å². The van der Waals surface area contributed by atoms with Gasteiger partial charge in [0.2, 0.25) is 5.88 Å². The number of ether oxygens (including phenoxy) is 1. The number of pyridine rings is 1. The molecule has 1 atom stereocenters. The van der Waals surface area contributed by atoms with Crippen LogP contribution >= 0.6 is 11.6 Å². The Bertz CT molecular complexity index is 394. The molecular formula is C10H10ClNO3. The highest BCUT2D eigenvalue weighted by Crippen LogP contribution is 2.34. The molecule has 0 amide bonds. The van der Waals surface area contributed by atoms with Crippen LogP contribution in [0.15, 0.2) is 12.1 Å². The van der Waals surface area contributed by atoms with E-state index in [0.29, 0.717) is 24.1 Å². The lowest BCUT2D eigenvalue weighted by Gasteiger charge is -2.23. The van der Waals surface area contributed by atoms with Crippen LogP contribution in [0.3, 0.4) is 0 Å². The number of fused-ring (bicyclic) bond motifs is 1. The summed E-state index contributed by atoms with van der Waals surface area (Å²) in [5.41, 5.74) is 0.841. The maximum absolute atomic E-state index is 10.7. The van der Waals surface area contributed by atoms with Gasteiger partial charge in [-0.15, -0.1) is 0 Å². The highest BCUT2D eigenvalue weighted by atomic mass is 35.5. The van der Waals surface area contributed by atoms with Crippen molar-refractivity contribution in [1.82, 2.24) is 4.98 Å². The van der Waals surface area contributed by atoms with Crippen LogP contribution in [0.5, 0.6) is 5.88 Å². The van der Waals surface area contributed by atoms with E-state index in [1.165, 1.54) is 0 Å². The number of hydrogen-bond acceptors (Lipinski definition) is 3. The van der Waals surface area contributed by atoms with Gasteiger partial charge in [-0.3, -0.25) is 4.79 Å². The second kappa shape index (κ2) is 4.06. The van der Waals surface area contributed by atoms with Crippen LogP contribution in [-0.2, 0) is 4.79 Å². The summed E-state index contributed by atoms with van der Waals surface area (Å²) >= 11 is 5.72. The molecule has 80 valence electrons. The van der Waals surface area contributed by atoms with Gasteiger partial charge in [-0.1, -0.05) is 17.7 Å². The Hall–Kier alpha value is -1.29. The standard InChI is InChI=1S/C10H10ClNO3/c11-8-2-1-7-6(5-9(13)14)3-4-15-10(7)12-8/h1-2,6H,3-5H2,(H,13,14)/t6-/m0/s1. The third-order valence-corrected chi connectivity index (χ3v) is 2.63. The fourth-order valence-corrected chi connectivity index (χ4v) is 1.87. The van der Waals surface area contributed by atoms with Gasteiger partial charge in [0.25, 0.3) is 0 Å². The first kappa shape index (κ1) is 10.2. The van der Waals surface area contributed by atoms with Crippen LogP contribution in [-0.4, -0.2) is 22.7 Å². The number of carboxylic acid groups (broad SMARTS) is 1. The zero-order chi connectivity index (χ0) is 10.8. The summed E-state index contributed by atoms with van der Waals surface area (Å²) in [5, 5.41) is 9.12. The average Bonchev–Trinajstić information content (AvgIpc) is 2.16. The number of carbonyl (C=O) groups is 1. The largest absolute Gasteiger partial charge is 0.481 e. The minimum absolute atomic E-state index is 0.0176. The van der Waals surface area contributed by atoms with Crippen LogP contribution in [0.25, 0.3) is 0 Å². The quantitative estimate of drug-likeness (QED) is 0.786. The topological polar surface area (TPSA) is 59.4 Å². The average molecular weight is 228 g/mol. The van der Waals surface area contributed by atoms with Crippen molar-refractivity contribution in [2.24, 2.45) is 0 Å². The highest BCUT2D eigenvalue weighted by Gasteiger charge is 2.24. The molecule has 4 nitrogen and oxygen atoms in total. The minimum Gasteiger partial charge on any atom is -0.481 e. The maximum atomic E-state index is 10.7. The minimum atomic E-state index is -0.803. The van der Waals surface area contributed by atoms with E-state index in [2.05, 4.69) is 4.98 Å². The first-order valence-electron chi connectivity index (χ1n) is 4.68. The number of aliphatic carboxylic acids is 1. The second-order valence-corrected chi connectivity index (χ2v) is 3.85. The SMILES string of the molecule is O=C(O)C[C@@H]1CCOc2nc(Cl)ccc21. The van der Waals surface area contributed by atoms with Crippen molar-refractivity contribution >= 4 is 17.6 Å². The van der Waals surface area contributed by atoms with E-state index in [1.807, 2.05) is 0 Å². The molecule has 0 spiro atoms. The Morgan fingerprint density at radius 3 is 3.20 bits per heavy atom. The van der Waals surface area contributed by atoms with Gasteiger partial charge in [0.15, 0.2) is 0 Å². The van der Waals surface area contributed by atoms with Gasteiger partial charge in [-0.05, 0) is 12.5 Å². The molecule has 0 saturated carbocycles. The molecule has 1 aliphatic heterocycles. The maximum Gasteiger partial charge on any atom is 0.303 e. The van der Waals surface area contributed by atoms with E-state index in [9.17, 15) is 4.79 Å². The molecule has 15 heavy (non-hydrogen) atoms. The molecule has 5 heteroatoms. The monoisotopic (exact) mass is 227 g/mol. The van der Waals surface area contributed by atoms with E-state index in [4.69, 9.17) is 21.4 Å². The Labute approximate surface area is 91.8 Å². The number of nitrogens with zero attached hydrogens (tertiary/aromatic N) is 1. The Morgan fingerprint density at radius 2 is 2.47 bits per heavy atom. The summed E-state index contributed by atoms with van der Waals surface area (Å²) in [4.78, 5) is 14.7. The van der Waals surface area contributed by atoms with Crippen LogP contribution < -0.4 is 4.74 Å². The van der Waals surface area contributed by atoms with Crippen LogP contribution in [0.1, 0.15) is 24.3 Å². The lowest BCUT2D eigenvalue weighted by Crippen LogP contribution is -2.17. The van der Waals surface area contributed by atoms with E-state index in [1.54, 1.807) is 12.1 Å². The van der Waals surface area contributed by atoms with Crippen molar-refractivity contribution in [2.45, 2.75) is 18.8 Å². The van der Waals surface area contributed by atoms with Gasteiger partial charge < -0.3 is 9.84 Å². The van der Waals surface area contributed by atoms with E-state index in [0.717, 1.165) is 5.56 Å². The molecule has 0 aliphatic carbocycles. The van der Waals surface area contributed by atoms with Gasteiger partial charge in [0.1, 0.15) is 5.15 Å². The number of halogens is 1. The van der Waals surface area contributed by atoms with Gasteiger partial charge in [-0.25, -0.2) is 4.98 Å². The molecule has 0 bridgehead atoms. The van der Waals surface area contributed by atoms with Crippen molar-refractivity contribution < 1.29 is 14.6 Å².